The van der Waals surface area contributed by atoms with Gasteiger partial charge in [0.1, 0.15) is 5.82 Å². The van der Waals surface area contributed by atoms with E-state index in [1.807, 2.05) is 30.3 Å². The first-order chi connectivity index (χ1) is 12.2. The van der Waals surface area contributed by atoms with Crippen molar-refractivity contribution >= 4 is 0 Å². The average molecular weight is 330 g/mol. The Labute approximate surface area is 149 Å². The molecule has 0 N–H and O–H groups in total. The zero-order valence-corrected chi connectivity index (χ0v) is 14.6. The summed E-state index contributed by atoms with van der Waals surface area (Å²) in [5.41, 5.74) is 6.23. The van der Waals surface area contributed by atoms with Gasteiger partial charge in [0.05, 0.1) is 0 Å². The van der Waals surface area contributed by atoms with Gasteiger partial charge < -0.3 is 0 Å². The molecule has 25 heavy (non-hydrogen) atoms. The summed E-state index contributed by atoms with van der Waals surface area (Å²) in [6.07, 6.45) is 4.59. The molecular weight excluding hydrogens is 307 g/mol. The Bertz CT molecular complexity index is 842. The quantitative estimate of drug-likeness (QED) is 0.434. The minimum atomic E-state index is -0.165. The predicted molar refractivity (Wildman–Crippen MR) is 105 cm³/mol. The number of benzene rings is 3. The van der Waals surface area contributed by atoms with Crippen molar-refractivity contribution in [2.75, 3.05) is 0 Å². The van der Waals surface area contributed by atoms with Crippen LogP contribution in [-0.4, -0.2) is 0 Å². The summed E-state index contributed by atoms with van der Waals surface area (Å²) in [5, 5.41) is 0. The maximum absolute atomic E-state index is 14.4. The van der Waals surface area contributed by atoms with E-state index in [0.717, 1.165) is 36.0 Å². The van der Waals surface area contributed by atoms with Crippen molar-refractivity contribution in [1.29, 1.82) is 0 Å². The van der Waals surface area contributed by atoms with Crippen LogP contribution in [0.15, 0.2) is 79.4 Å². The molecule has 0 spiro atoms. The van der Waals surface area contributed by atoms with Crippen molar-refractivity contribution < 1.29 is 4.39 Å². The van der Waals surface area contributed by atoms with Crippen molar-refractivity contribution in [2.45, 2.75) is 26.2 Å². The molecule has 0 unspecified atom stereocenters. The summed E-state index contributed by atoms with van der Waals surface area (Å²) < 4.78 is 14.4. The lowest BCUT2D eigenvalue weighted by Gasteiger charge is -2.08. The molecule has 0 saturated heterocycles. The van der Waals surface area contributed by atoms with E-state index >= 15 is 0 Å². The molecular formula is C24H23F. The summed E-state index contributed by atoms with van der Waals surface area (Å²) in [6, 6.07) is 22.2. The number of hydrogen-bond acceptors (Lipinski definition) is 0. The highest BCUT2D eigenvalue weighted by Crippen LogP contribution is 2.27. The van der Waals surface area contributed by atoms with Gasteiger partial charge >= 0.3 is 0 Å². The van der Waals surface area contributed by atoms with Crippen LogP contribution < -0.4 is 0 Å². The summed E-state index contributed by atoms with van der Waals surface area (Å²) in [7, 11) is 0. The molecule has 0 amide bonds. The third-order valence-corrected chi connectivity index (χ3v) is 4.56. The van der Waals surface area contributed by atoms with Gasteiger partial charge in [-0.25, -0.2) is 4.39 Å². The molecule has 0 radical (unpaired) electrons. The molecule has 0 heterocycles. The van der Waals surface area contributed by atoms with Crippen LogP contribution in [0.3, 0.4) is 0 Å². The molecule has 0 bridgehead atoms. The Balaban J connectivity index is 1.83. The third kappa shape index (κ3) is 4.06. The molecule has 3 rings (SSSR count). The number of rotatable bonds is 6. The second-order valence-corrected chi connectivity index (χ2v) is 6.27. The van der Waals surface area contributed by atoms with Crippen molar-refractivity contribution in [1.82, 2.24) is 0 Å². The van der Waals surface area contributed by atoms with Gasteiger partial charge in [-0.1, -0.05) is 73.7 Å². The van der Waals surface area contributed by atoms with E-state index in [9.17, 15) is 4.39 Å². The Morgan fingerprint density at radius 2 is 1.36 bits per heavy atom. The van der Waals surface area contributed by atoms with Crippen molar-refractivity contribution in [3.8, 4) is 22.3 Å². The molecule has 0 atom stereocenters. The molecule has 0 aromatic heterocycles. The molecule has 3 aromatic carbocycles. The van der Waals surface area contributed by atoms with Crippen LogP contribution in [0.4, 0.5) is 4.39 Å². The lowest BCUT2D eigenvalue weighted by molar-refractivity contribution is 0.629. The molecule has 0 nitrogen and oxygen atoms in total. The smallest absolute Gasteiger partial charge is 0.131 e. The van der Waals surface area contributed by atoms with Gasteiger partial charge in [-0.2, -0.15) is 0 Å². The SMILES string of the molecule is C=CCCc1ccc(-c2ccc(-c3ccc(CC)cc3)cc2)c(F)c1. The first-order valence-corrected chi connectivity index (χ1v) is 8.80. The largest absolute Gasteiger partial charge is 0.206 e. The Hall–Kier alpha value is -2.67. The van der Waals surface area contributed by atoms with Gasteiger partial charge in [0.25, 0.3) is 0 Å². The van der Waals surface area contributed by atoms with Gasteiger partial charge in [-0.05, 0) is 53.1 Å². The Morgan fingerprint density at radius 3 is 1.92 bits per heavy atom. The number of halogens is 1. The lowest BCUT2D eigenvalue weighted by atomic mass is 9.98. The van der Waals surface area contributed by atoms with Crippen LogP contribution in [0.25, 0.3) is 22.3 Å². The van der Waals surface area contributed by atoms with E-state index in [0.29, 0.717) is 5.56 Å². The fourth-order valence-corrected chi connectivity index (χ4v) is 2.99. The zero-order chi connectivity index (χ0) is 17.6. The fraction of sp³-hybridized carbons (Fsp3) is 0.167. The van der Waals surface area contributed by atoms with Crippen LogP contribution in [-0.2, 0) is 12.8 Å². The van der Waals surface area contributed by atoms with Crippen LogP contribution >= 0.6 is 0 Å². The second-order valence-electron chi connectivity index (χ2n) is 6.27. The minimum absolute atomic E-state index is 0.165. The monoisotopic (exact) mass is 330 g/mol. The van der Waals surface area contributed by atoms with Crippen molar-refractivity contribution in [3.63, 3.8) is 0 Å². The van der Waals surface area contributed by atoms with E-state index in [-0.39, 0.29) is 5.82 Å². The summed E-state index contributed by atoms with van der Waals surface area (Å²) in [6.45, 7) is 5.87. The van der Waals surface area contributed by atoms with Crippen LogP contribution in [0.1, 0.15) is 24.5 Å². The van der Waals surface area contributed by atoms with Gasteiger partial charge in [0.2, 0.25) is 0 Å². The normalized spacial score (nSPS) is 10.6. The van der Waals surface area contributed by atoms with Crippen LogP contribution in [0.2, 0.25) is 0 Å². The van der Waals surface area contributed by atoms with Crippen molar-refractivity contribution in [2.24, 2.45) is 0 Å². The Morgan fingerprint density at radius 1 is 0.800 bits per heavy atom. The molecule has 0 aliphatic carbocycles. The van der Waals surface area contributed by atoms with E-state index in [1.165, 1.54) is 11.1 Å². The highest BCUT2D eigenvalue weighted by Gasteiger charge is 2.07. The number of allylic oxidation sites excluding steroid dienone is 1. The number of aryl methyl sites for hydroxylation is 2. The first kappa shape index (κ1) is 17.2. The average Bonchev–Trinajstić information content (AvgIpc) is 2.67. The molecule has 0 saturated carbocycles. The van der Waals surface area contributed by atoms with Crippen LogP contribution in [0, 0.1) is 5.82 Å². The van der Waals surface area contributed by atoms with E-state index in [4.69, 9.17) is 0 Å². The second kappa shape index (κ2) is 7.94. The van der Waals surface area contributed by atoms with Gasteiger partial charge in [-0.15, -0.1) is 6.58 Å². The number of hydrogen-bond donors (Lipinski definition) is 0. The highest BCUT2D eigenvalue weighted by molar-refractivity contribution is 5.71. The van der Waals surface area contributed by atoms with E-state index in [2.05, 4.69) is 49.9 Å². The zero-order valence-electron chi connectivity index (χ0n) is 14.6. The minimum Gasteiger partial charge on any atom is -0.206 e. The molecule has 1 heteroatoms. The molecule has 126 valence electrons. The predicted octanol–water partition coefficient (Wildman–Crippen LogP) is 6.84. The third-order valence-electron chi connectivity index (χ3n) is 4.56. The molecule has 3 aromatic rings. The van der Waals surface area contributed by atoms with E-state index in [1.54, 1.807) is 6.07 Å². The van der Waals surface area contributed by atoms with Crippen molar-refractivity contribution in [3.05, 3.63) is 96.3 Å². The summed E-state index contributed by atoms with van der Waals surface area (Å²) in [4.78, 5) is 0. The fourth-order valence-electron chi connectivity index (χ4n) is 2.99. The Kier molecular flexibility index (Phi) is 5.45. The summed E-state index contributed by atoms with van der Waals surface area (Å²) >= 11 is 0. The standard InChI is InChI=1S/C24H23F/c1-3-5-6-19-9-16-23(24(25)17-19)22-14-12-21(13-15-22)20-10-7-18(4-2)8-11-20/h3,7-17H,1,4-6H2,2H3. The van der Waals surface area contributed by atoms with Gasteiger partial charge in [-0.3, -0.25) is 0 Å². The maximum atomic E-state index is 14.4. The molecule has 0 fully saturated rings. The van der Waals surface area contributed by atoms with Gasteiger partial charge in [0, 0.05) is 5.56 Å². The lowest BCUT2D eigenvalue weighted by Crippen LogP contribution is -1.90. The highest BCUT2D eigenvalue weighted by atomic mass is 19.1. The molecule has 0 aliphatic heterocycles. The van der Waals surface area contributed by atoms with Gasteiger partial charge in [0.15, 0.2) is 0 Å². The maximum Gasteiger partial charge on any atom is 0.131 e. The first-order valence-electron chi connectivity index (χ1n) is 8.80. The topological polar surface area (TPSA) is 0 Å². The van der Waals surface area contributed by atoms with Crippen LogP contribution in [0.5, 0.6) is 0 Å². The van der Waals surface area contributed by atoms with E-state index < -0.39 is 0 Å². The molecule has 0 aliphatic rings. The summed E-state index contributed by atoms with van der Waals surface area (Å²) in [5.74, 6) is -0.165.